The topological polar surface area (TPSA) is 50.8 Å². The molecular weight excluding hydrogens is 395 g/mol. The molecule has 0 aromatic heterocycles. The molecule has 0 radical (unpaired) electrons. The van der Waals surface area contributed by atoms with Crippen molar-refractivity contribution in [3.05, 3.63) is 58.9 Å². The van der Waals surface area contributed by atoms with Crippen molar-refractivity contribution in [1.82, 2.24) is 10.2 Å². The van der Waals surface area contributed by atoms with Crippen molar-refractivity contribution in [3.8, 4) is 11.5 Å². The molecule has 1 saturated heterocycles. The van der Waals surface area contributed by atoms with Crippen LogP contribution in [0, 0.1) is 5.82 Å². The van der Waals surface area contributed by atoms with Crippen LogP contribution in [0.1, 0.15) is 50.3 Å². The molecule has 1 fully saturated rings. The van der Waals surface area contributed by atoms with Gasteiger partial charge in [0.1, 0.15) is 23.4 Å². The minimum Gasteiger partial charge on any atom is -0.494 e. The summed E-state index contributed by atoms with van der Waals surface area (Å²) in [7, 11) is 0. The fraction of sp³-hybridized carbons (Fsp3) is 0.480. The summed E-state index contributed by atoms with van der Waals surface area (Å²) in [6.45, 7) is 8.65. The molecule has 2 aliphatic heterocycles. The van der Waals surface area contributed by atoms with Crippen LogP contribution in [0.2, 0.25) is 0 Å². The standard InChI is InChI=1S/C25H31FN2O3/c1-4-30-23-14-19-13-17(2)31-24(19)15-20(23)16-28-11-9-25(10-12-28,27-18(3)29)21-5-7-22(26)8-6-21/h5-8,14-15,17H,4,9-13,16H2,1-3H3,(H,27,29)/t17-/m0/s1. The van der Waals surface area contributed by atoms with E-state index in [1.807, 2.05) is 6.92 Å². The third kappa shape index (κ3) is 4.69. The molecule has 2 heterocycles. The SMILES string of the molecule is CCOc1cc2c(cc1CN1CCC(NC(C)=O)(c3ccc(F)cc3)CC1)O[C@@H](C)C2. The Morgan fingerprint density at radius 2 is 1.97 bits per heavy atom. The lowest BCUT2D eigenvalue weighted by Gasteiger charge is -2.43. The number of carbonyl (C=O) groups is 1. The number of piperidine rings is 1. The summed E-state index contributed by atoms with van der Waals surface area (Å²) < 4.78 is 25.3. The van der Waals surface area contributed by atoms with E-state index in [0.29, 0.717) is 6.61 Å². The van der Waals surface area contributed by atoms with Gasteiger partial charge in [0, 0.05) is 44.1 Å². The lowest BCUT2D eigenvalue weighted by molar-refractivity contribution is -0.121. The Hall–Kier alpha value is -2.60. The molecule has 5 nitrogen and oxygen atoms in total. The van der Waals surface area contributed by atoms with Crippen molar-refractivity contribution in [3.63, 3.8) is 0 Å². The molecule has 31 heavy (non-hydrogen) atoms. The molecule has 2 aromatic rings. The highest BCUT2D eigenvalue weighted by Crippen LogP contribution is 2.38. The number of likely N-dealkylation sites (tertiary alicyclic amines) is 1. The first-order valence-electron chi connectivity index (χ1n) is 11.1. The first-order chi connectivity index (χ1) is 14.9. The number of hydrogen-bond acceptors (Lipinski definition) is 4. The molecule has 6 heteroatoms. The highest BCUT2D eigenvalue weighted by molar-refractivity contribution is 5.74. The molecule has 0 aliphatic carbocycles. The smallest absolute Gasteiger partial charge is 0.217 e. The molecule has 0 spiro atoms. The number of benzene rings is 2. The Morgan fingerprint density at radius 3 is 2.61 bits per heavy atom. The summed E-state index contributed by atoms with van der Waals surface area (Å²) in [5.41, 5.74) is 2.83. The van der Waals surface area contributed by atoms with Gasteiger partial charge >= 0.3 is 0 Å². The van der Waals surface area contributed by atoms with Crippen molar-refractivity contribution in [2.24, 2.45) is 0 Å². The Kier molecular flexibility index (Phi) is 6.19. The summed E-state index contributed by atoms with van der Waals surface area (Å²) in [5, 5.41) is 3.15. The second kappa shape index (κ2) is 8.87. The van der Waals surface area contributed by atoms with E-state index >= 15 is 0 Å². The molecule has 0 bridgehead atoms. The molecule has 2 aromatic carbocycles. The number of hydrogen-bond donors (Lipinski definition) is 1. The van der Waals surface area contributed by atoms with Gasteiger partial charge in [-0.25, -0.2) is 4.39 Å². The monoisotopic (exact) mass is 426 g/mol. The van der Waals surface area contributed by atoms with Gasteiger partial charge in [-0.05, 0) is 56.5 Å². The van der Waals surface area contributed by atoms with Crippen molar-refractivity contribution < 1.29 is 18.7 Å². The molecule has 2 aliphatic rings. The Balaban J connectivity index is 1.51. The molecule has 166 valence electrons. The first-order valence-corrected chi connectivity index (χ1v) is 11.1. The lowest BCUT2D eigenvalue weighted by atomic mass is 9.80. The van der Waals surface area contributed by atoms with Gasteiger partial charge in [-0.2, -0.15) is 0 Å². The molecule has 0 saturated carbocycles. The van der Waals surface area contributed by atoms with E-state index in [2.05, 4.69) is 29.3 Å². The van der Waals surface area contributed by atoms with Crippen LogP contribution in [0.4, 0.5) is 4.39 Å². The largest absolute Gasteiger partial charge is 0.494 e. The Labute approximate surface area is 183 Å². The number of amides is 1. The fourth-order valence-corrected chi connectivity index (χ4v) is 4.82. The van der Waals surface area contributed by atoms with Crippen LogP contribution in [0.15, 0.2) is 36.4 Å². The van der Waals surface area contributed by atoms with Crippen LogP contribution in [0.5, 0.6) is 11.5 Å². The van der Waals surface area contributed by atoms with E-state index < -0.39 is 5.54 Å². The van der Waals surface area contributed by atoms with Crippen molar-refractivity contribution in [2.75, 3.05) is 19.7 Å². The summed E-state index contributed by atoms with van der Waals surface area (Å²) in [6, 6.07) is 10.7. The summed E-state index contributed by atoms with van der Waals surface area (Å²) in [4.78, 5) is 14.3. The maximum atomic E-state index is 13.4. The van der Waals surface area contributed by atoms with Gasteiger partial charge in [0.25, 0.3) is 0 Å². The van der Waals surface area contributed by atoms with E-state index in [1.165, 1.54) is 24.6 Å². The maximum absolute atomic E-state index is 13.4. The normalized spacial score (nSPS) is 20.1. The average Bonchev–Trinajstić information content (AvgIpc) is 3.09. The van der Waals surface area contributed by atoms with E-state index in [1.54, 1.807) is 12.1 Å². The number of nitrogens with zero attached hydrogens (tertiary/aromatic N) is 1. The first kappa shape index (κ1) is 21.6. The van der Waals surface area contributed by atoms with Gasteiger partial charge in [0.15, 0.2) is 0 Å². The summed E-state index contributed by atoms with van der Waals surface area (Å²) >= 11 is 0. The fourth-order valence-electron chi connectivity index (χ4n) is 4.82. The van der Waals surface area contributed by atoms with E-state index in [-0.39, 0.29) is 17.8 Å². The van der Waals surface area contributed by atoms with Crippen LogP contribution in [-0.2, 0) is 23.3 Å². The average molecular weight is 427 g/mol. The van der Waals surface area contributed by atoms with Gasteiger partial charge < -0.3 is 14.8 Å². The van der Waals surface area contributed by atoms with Gasteiger partial charge in [0.05, 0.1) is 12.1 Å². The number of rotatable bonds is 6. The van der Waals surface area contributed by atoms with Crippen molar-refractivity contribution in [1.29, 1.82) is 0 Å². The predicted molar refractivity (Wildman–Crippen MR) is 118 cm³/mol. The van der Waals surface area contributed by atoms with Crippen LogP contribution in [0.25, 0.3) is 0 Å². The van der Waals surface area contributed by atoms with Crippen molar-refractivity contribution in [2.45, 2.75) is 58.2 Å². The number of nitrogens with one attached hydrogen (secondary N) is 1. The summed E-state index contributed by atoms with van der Waals surface area (Å²) in [6.07, 6.45) is 2.64. The van der Waals surface area contributed by atoms with Gasteiger partial charge in [-0.3, -0.25) is 9.69 Å². The van der Waals surface area contributed by atoms with E-state index in [4.69, 9.17) is 9.47 Å². The highest BCUT2D eigenvalue weighted by atomic mass is 19.1. The molecule has 4 rings (SSSR count). The summed E-state index contributed by atoms with van der Waals surface area (Å²) in [5.74, 6) is 1.55. The molecule has 1 atom stereocenters. The number of carbonyl (C=O) groups excluding carboxylic acids is 1. The molecular formula is C25H31FN2O3. The molecule has 1 amide bonds. The zero-order valence-corrected chi connectivity index (χ0v) is 18.5. The number of halogens is 1. The predicted octanol–water partition coefficient (Wildman–Crippen LogP) is 4.18. The minimum absolute atomic E-state index is 0.0682. The van der Waals surface area contributed by atoms with Crippen LogP contribution in [0.3, 0.4) is 0 Å². The number of ether oxygens (including phenoxy) is 2. The second-order valence-corrected chi connectivity index (χ2v) is 8.68. The van der Waals surface area contributed by atoms with Crippen molar-refractivity contribution >= 4 is 5.91 Å². The van der Waals surface area contributed by atoms with Crippen LogP contribution in [-0.4, -0.2) is 36.6 Å². The zero-order chi connectivity index (χ0) is 22.0. The zero-order valence-electron chi connectivity index (χ0n) is 18.5. The van der Waals surface area contributed by atoms with Gasteiger partial charge in [-0.15, -0.1) is 0 Å². The van der Waals surface area contributed by atoms with E-state index in [0.717, 1.165) is 61.5 Å². The van der Waals surface area contributed by atoms with E-state index in [9.17, 15) is 9.18 Å². The second-order valence-electron chi connectivity index (χ2n) is 8.68. The molecule has 0 unspecified atom stereocenters. The lowest BCUT2D eigenvalue weighted by Crippen LogP contribution is -2.52. The quantitative estimate of drug-likeness (QED) is 0.753. The Morgan fingerprint density at radius 1 is 1.26 bits per heavy atom. The molecule has 1 N–H and O–H groups in total. The van der Waals surface area contributed by atoms with Gasteiger partial charge in [-0.1, -0.05) is 12.1 Å². The Bertz CT molecular complexity index is 937. The number of fused-ring (bicyclic) bond motifs is 1. The minimum atomic E-state index is -0.463. The van der Waals surface area contributed by atoms with Crippen LogP contribution >= 0.6 is 0 Å². The maximum Gasteiger partial charge on any atom is 0.217 e. The third-order valence-corrected chi connectivity index (χ3v) is 6.29. The van der Waals surface area contributed by atoms with Gasteiger partial charge in [0.2, 0.25) is 5.91 Å². The third-order valence-electron chi connectivity index (χ3n) is 6.29. The highest BCUT2D eigenvalue weighted by Gasteiger charge is 2.37. The van der Waals surface area contributed by atoms with Crippen LogP contribution < -0.4 is 14.8 Å².